The van der Waals surface area contributed by atoms with E-state index in [4.69, 9.17) is 14.2 Å². The van der Waals surface area contributed by atoms with Gasteiger partial charge in [-0.05, 0) is 55.8 Å². The number of carbonyl (C=O) groups is 2. The minimum absolute atomic E-state index is 0.0431. The SMILES string of the molecule is COCCN1C(=O)C(Nc2ccc(OC)cc2)=C(c2ccc(OC(C)C)cc2)C1=O. The molecular formula is C23H26N2O5. The van der Waals surface area contributed by atoms with Crippen LogP contribution in [0.4, 0.5) is 5.69 Å². The van der Waals surface area contributed by atoms with Gasteiger partial charge in [0.05, 0.1) is 31.9 Å². The van der Waals surface area contributed by atoms with Crippen LogP contribution in [0.3, 0.4) is 0 Å². The van der Waals surface area contributed by atoms with Gasteiger partial charge in [0.1, 0.15) is 17.2 Å². The molecule has 0 aromatic heterocycles. The highest BCUT2D eigenvalue weighted by Gasteiger charge is 2.39. The molecular weight excluding hydrogens is 384 g/mol. The van der Waals surface area contributed by atoms with Gasteiger partial charge in [-0.15, -0.1) is 0 Å². The first-order valence-corrected chi connectivity index (χ1v) is 9.72. The summed E-state index contributed by atoms with van der Waals surface area (Å²) in [5.41, 5.74) is 1.88. The molecule has 1 heterocycles. The zero-order valence-corrected chi connectivity index (χ0v) is 17.6. The van der Waals surface area contributed by atoms with Crippen LogP contribution in [0.25, 0.3) is 5.57 Å². The summed E-state index contributed by atoms with van der Waals surface area (Å²) < 4.78 is 15.9. The van der Waals surface area contributed by atoms with Crippen molar-refractivity contribution in [1.82, 2.24) is 4.90 Å². The van der Waals surface area contributed by atoms with E-state index >= 15 is 0 Å². The topological polar surface area (TPSA) is 77.1 Å². The standard InChI is InChI=1S/C23H26N2O5/c1-15(2)30-19-9-5-16(6-10-19)20-21(23(27)25(22(20)26)13-14-28-3)24-17-7-11-18(29-4)12-8-17/h5-12,15,24H,13-14H2,1-4H3. The van der Waals surface area contributed by atoms with Gasteiger partial charge in [-0.2, -0.15) is 0 Å². The molecule has 2 aromatic carbocycles. The number of carbonyl (C=O) groups excluding carboxylic acids is 2. The molecule has 0 spiro atoms. The number of imide groups is 1. The Balaban J connectivity index is 1.97. The number of anilines is 1. The maximum absolute atomic E-state index is 13.1. The second-order valence-corrected chi connectivity index (χ2v) is 7.05. The van der Waals surface area contributed by atoms with E-state index in [-0.39, 0.29) is 36.8 Å². The van der Waals surface area contributed by atoms with Crippen molar-refractivity contribution in [3.63, 3.8) is 0 Å². The lowest BCUT2D eigenvalue weighted by atomic mass is 10.0. The third kappa shape index (κ3) is 4.63. The van der Waals surface area contributed by atoms with Gasteiger partial charge in [-0.1, -0.05) is 12.1 Å². The first kappa shape index (κ1) is 21.4. The van der Waals surface area contributed by atoms with Crippen LogP contribution in [0.15, 0.2) is 54.2 Å². The zero-order chi connectivity index (χ0) is 21.7. The van der Waals surface area contributed by atoms with E-state index in [1.54, 1.807) is 55.6 Å². The van der Waals surface area contributed by atoms with Gasteiger partial charge < -0.3 is 19.5 Å². The Morgan fingerprint density at radius 2 is 1.53 bits per heavy atom. The second-order valence-electron chi connectivity index (χ2n) is 7.05. The van der Waals surface area contributed by atoms with Crippen LogP contribution in [-0.2, 0) is 14.3 Å². The highest BCUT2D eigenvalue weighted by Crippen LogP contribution is 2.31. The number of ether oxygens (including phenoxy) is 3. The second kappa shape index (κ2) is 9.45. The number of rotatable bonds is 9. The number of methoxy groups -OCH3 is 2. The molecule has 3 rings (SSSR count). The van der Waals surface area contributed by atoms with E-state index in [0.717, 1.165) is 0 Å². The smallest absolute Gasteiger partial charge is 0.278 e. The molecule has 2 aromatic rings. The summed E-state index contributed by atoms with van der Waals surface area (Å²) in [7, 11) is 3.12. The molecule has 0 saturated carbocycles. The largest absolute Gasteiger partial charge is 0.497 e. The van der Waals surface area contributed by atoms with Gasteiger partial charge in [0.25, 0.3) is 11.8 Å². The Hall–Kier alpha value is -3.32. The van der Waals surface area contributed by atoms with Crippen LogP contribution >= 0.6 is 0 Å². The number of nitrogens with one attached hydrogen (secondary N) is 1. The molecule has 0 saturated heterocycles. The van der Waals surface area contributed by atoms with E-state index in [0.29, 0.717) is 28.3 Å². The average molecular weight is 410 g/mol. The lowest BCUT2D eigenvalue weighted by Gasteiger charge is -2.14. The van der Waals surface area contributed by atoms with Crippen LogP contribution in [0.1, 0.15) is 19.4 Å². The number of benzene rings is 2. The van der Waals surface area contributed by atoms with E-state index in [1.165, 1.54) is 12.0 Å². The van der Waals surface area contributed by atoms with Gasteiger partial charge in [0, 0.05) is 12.8 Å². The highest BCUT2D eigenvalue weighted by molar-refractivity contribution is 6.36. The summed E-state index contributed by atoms with van der Waals surface area (Å²) in [6.45, 7) is 4.34. The van der Waals surface area contributed by atoms with Gasteiger partial charge in [0.15, 0.2) is 0 Å². The zero-order valence-electron chi connectivity index (χ0n) is 17.6. The van der Waals surface area contributed by atoms with Crippen molar-refractivity contribution < 1.29 is 23.8 Å². The van der Waals surface area contributed by atoms with E-state index in [1.807, 2.05) is 13.8 Å². The van der Waals surface area contributed by atoms with Crippen molar-refractivity contribution in [3.8, 4) is 11.5 Å². The predicted molar refractivity (Wildman–Crippen MR) is 114 cm³/mol. The van der Waals surface area contributed by atoms with Crippen LogP contribution in [0, 0.1) is 0 Å². The minimum atomic E-state index is -0.384. The lowest BCUT2D eigenvalue weighted by molar-refractivity contribution is -0.137. The molecule has 0 radical (unpaired) electrons. The fraction of sp³-hybridized carbons (Fsp3) is 0.304. The maximum Gasteiger partial charge on any atom is 0.278 e. The van der Waals surface area contributed by atoms with E-state index in [2.05, 4.69) is 5.32 Å². The van der Waals surface area contributed by atoms with Crippen LogP contribution in [0.5, 0.6) is 11.5 Å². The molecule has 0 aliphatic carbocycles. The third-order valence-corrected chi connectivity index (χ3v) is 4.56. The average Bonchev–Trinajstić information content (AvgIpc) is 2.96. The van der Waals surface area contributed by atoms with Crippen molar-refractivity contribution in [1.29, 1.82) is 0 Å². The molecule has 0 fully saturated rings. The number of amides is 2. The Morgan fingerprint density at radius 1 is 0.900 bits per heavy atom. The maximum atomic E-state index is 13.1. The number of hydrogen-bond donors (Lipinski definition) is 1. The van der Waals surface area contributed by atoms with Crippen molar-refractivity contribution in [2.45, 2.75) is 20.0 Å². The minimum Gasteiger partial charge on any atom is -0.497 e. The summed E-state index contributed by atoms with van der Waals surface area (Å²) in [5, 5.41) is 3.11. The van der Waals surface area contributed by atoms with E-state index in [9.17, 15) is 9.59 Å². The molecule has 158 valence electrons. The molecule has 0 bridgehead atoms. The summed E-state index contributed by atoms with van der Waals surface area (Å²) in [5.74, 6) is 0.661. The van der Waals surface area contributed by atoms with E-state index < -0.39 is 0 Å². The molecule has 1 aliphatic rings. The fourth-order valence-electron chi connectivity index (χ4n) is 3.14. The Kier molecular flexibility index (Phi) is 6.74. The van der Waals surface area contributed by atoms with Crippen molar-refractivity contribution >= 4 is 23.1 Å². The summed E-state index contributed by atoms with van der Waals surface area (Å²) in [6, 6.07) is 14.3. The molecule has 7 nitrogen and oxygen atoms in total. The Bertz CT molecular complexity index is 933. The Morgan fingerprint density at radius 3 is 2.10 bits per heavy atom. The molecule has 30 heavy (non-hydrogen) atoms. The van der Waals surface area contributed by atoms with Crippen LogP contribution in [-0.4, -0.2) is 50.2 Å². The van der Waals surface area contributed by atoms with Crippen molar-refractivity contribution in [2.24, 2.45) is 0 Å². The summed E-state index contributed by atoms with van der Waals surface area (Å²) >= 11 is 0. The van der Waals surface area contributed by atoms with Gasteiger partial charge in [0.2, 0.25) is 0 Å². The fourth-order valence-corrected chi connectivity index (χ4v) is 3.14. The molecule has 0 unspecified atom stereocenters. The molecule has 0 atom stereocenters. The first-order chi connectivity index (χ1) is 14.4. The monoisotopic (exact) mass is 410 g/mol. The molecule has 2 amide bonds. The first-order valence-electron chi connectivity index (χ1n) is 9.72. The highest BCUT2D eigenvalue weighted by atomic mass is 16.5. The van der Waals surface area contributed by atoms with Gasteiger partial charge in [-0.3, -0.25) is 14.5 Å². The molecule has 1 N–H and O–H groups in total. The normalized spacial score (nSPS) is 14.0. The number of nitrogens with zero attached hydrogens (tertiary/aromatic N) is 1. The quantitative estimate of drug-likeness (QED) is 0.639. The van der Waals surface area contributed by atoms with Crippen LogP contribution < -0.4 is 14.8 Å². The van der Waals surface area contributed by atoms with Crippen molar-refractivity contribution in [2.75, 3.05) is 32.7 Å². The lowest BCUT2D eigenvalue weighted by Crippen LogP contribution is -2.35. The molecule has 1 aliphatic heterocycles. The van der Waals surface area contributed by atoms with Gasteiger partial charge in [-0.25, -0.2) is 0 Å². The third-order valence-electron chi connectivity index (χ3n) is 4.56. The van der Waals surface area contributed by atoms with Crippen molar-refractivity contribution in [3.05, 3.63) is 59.8 Å². The summed E-state index contributed by atoms with van der Waals surface area (Å²) in [4.78, 5) is 27.3. The Labute approximate surface area is 176 Å². The van der Waals surface area contributed by atoms with Gasteiger partial charge >= 0.3 is 0 Å². The molecule has 7 heteroatoms. The summed E-state index contributed by atoms with van der Waals surface area (Å²) in [6.07, 6.45) is 0.0431. The van der Waals surface area contributed by atoms with Crippen LogP contribution in [0.2, 0.25) is 0 Å². The predicted octanol–water partition coefficient (Wildman–Crippen LogP) is 3.32. The number of hydrogen-bond acceptors (Lipinski definition) is 6.